The maximum Gasteiger partial charge on any atom is 0.342 e. The number of rotatable bonds is 6. The molecule has 0 aliphatic rings. The summed E-state index contributed by atoms with van der Waals surface area (Å²) in [6.07, 6.45) is 0.587. The zero-order valence-electron chi connectivity index (χ0n) is 15.1. The van der Waals surface area contributed by atoms with Crippen molar-refractivity contribution in [1.82, 2.24) is 9.13 Å². The number of hydrogen-bond donors (Lipinski definition) is 1. The molecule has 0 radical (unpaired) electrons. The number of carbonyl (C=O) groups is 2. The summed E-state index contributed by atoms with van der Waals surface area (Å²) in [6, 6.07) is 1.50. The number of aromatic nitrogens is 2. The molecular weight excluding hydrogens is 342 g/mol. The molecule has 0 bridgehead atoms. The van der Waals surface area contributed by atoms with Gasteiger partial charge in [0.1, 0.15) is 28.5 Å². The molecule has 9 nitrogen and oxygen atoms in total. The quantitative estimate of drug-likeness (QED) is 0.594. The van der Waals surface area contributed by atoms with E-state index in [4.69, 9.17) is 14.9 Å². The molecule has 0 atom stereocenters. The molecule has 0 saturated carbocycles. The lowest BCUT2D eigenvalue weighted by Gasteiger charge is -2.13. The lowest BCUT2D eigenvalue weighted by Crippen LogP contribution is -2.43. The smallest absolute Gasteiger partial charge is 0.342 e. The molecule has 0 aliphatic carbocycles. The molecule has 0 fully saturated rings. The van der Waals surface area contributed by atoms with Crippen LogP contribution >= 0.6 is 0 Å². The highest BCUT2D eigenvalue weighted by Crippen LogP contribution is 2.15. The van der Waals surface area contributed by atoms with E-state index in [1.54, 1.807) is 13.8 Å². The lowest BCUT2D eigenvalue weighted by atomic mass is 10.2. The van der Waals surface area contributed by atoms with Crippen LogP contribution in [0.2, 0.25) is 0 Å². The average Bonchev–Trinajstić information content (AvgIpc) is 2.93. The topological polar surface area (TPSA) is 127 Å². The number of nitrogen functional groups attached to an aromatic ring is 1. The van der Waals surface area contributed by atoms with Gasteiger partial charge in [0.15, 0.2) is 6.61 Å². The van der Waals surface area contributed by atoms with Gasteiger partial charge < -0.3 is 14.9 Å². The van der Waals surface area contributed by atoms with Gasteiger partial charge in [-0.15, -0.1) is 0 Å². The fourth-order valence-corrected chi connectivity index (χ4v) is 2.60. The molecule has 2 aromatic rings. The number of nitrogens with two attached hydrogens (primary N) is 1. The van der Waals surface area contributed by atoms with Crippen molar-refractivity contribution in [3.63, 3.8) is 0 Å². The molecule has 0 amide bonds. The van der Waals surface area contributed by atoms with Crippen molar-refractivity contribution in [1.29, 1.82) is 0 Å². The first-order chi connectivity index (χ1) is 12.2. The van der Waals surface area contributed by atoms with E-state index in [0.29, 0.717) is 17.9 Å². The standard InChI is InChI=1S/C17H21N3O6/c1-5-6-20-14(18)13(15(22)19(4)17(20)24)12(21)8-25-16(23)11-7-9(2)26-10(11)3/h7H,5-6,8,18H2,1-4H3. The average molecular weight is 363 g/mol. The van der Waals surface area contributed by atoms with Gasteiger partial charge in [0, 0.05) is 13.6 Å². The second-order valence-corrected chi connectivity index (χ2v) is 5.88. The Hall–Kier alpha value is -3.10. The highest BCUT2D eigenvalue weighted by Gasteiger charge is 2.23. The SMILES string of the molecule is CCCn1c(N)c(C(=O)COC(=O)c2cc(C)oc2C)c(=O)n(C)c1=O. The van der Waals surface area contributed by atoms with E-state index in [0.717, 1.165) is 9.13 Å². The van der Waals surface area contributed by atoms with E-state index in [1.165, 1.54) is 13.1 Å². The normalized spacial score (nSPS) is 10.8. The van der Waals surface area contributed by atoms with Gasteiger partial charge in [-0.1, -0.05) is 6.92 Å². The van der Waals surface area contributed by atoms with E-state index in [9.17, 15) is 19.2 Å². The van der Waals surface area contributed by atoms with E-state index < -0.39 is 29.6 Å². The minimum atomic E-state index is -0.823. The van der Waals surface area contributed by atoms with Crippen LogP contribution in [0.5, 0.6) is 0 Å². The summed E-state index contributed by atoms with van der Waals surface area (Å²) in [5, 5.41) is 0. The third-order valence-corrected chi connectivity index (χ3v) is 3.90. The van der Waals surface area contributed by atoms with Crippen LogP contribution in [0.4, 0.5) is 5.82 Å². The van der Waals surface area contributed by atoms with E-state index >= 15 is 0 Å². The predicted molar refractivity (Wildman–Crippen MR) is 93.4 cm³/mol. The summed E-state index contributed by atoms with van der Waals surface area (Å²) in [7, 11) is 1.26. The molecule has 26 heavy (non-hydrogen) atoms. The van der Waals surface area contributed by atoms with E-state index in [1.807, 2.05) is 6.92 Å². The summed E-state index contributed by atoms with van der Waals surface area (Å²) in [5.41, 5.74) is 4.27. The van der Waals surface area contributed by atoms with Crippen molar-refractivity contribution in [3.05, 3.63) is 49.6 Å². The third-order valence-electron chi connectivity index (χ3n) is 3.90. The molecule has 0 spiro atoms. The number of hydrogen-bond acceptors (Lipinski definition) is 7. The summed E-state index contributed by atoms with van der Waals surface area (Å²) in [5.74, 6) is -0.849. The monoisotopic (exact) mass is 363 g/mol. The highest BCUT2D eigenvalue weighted by atomic mass is 16.5. The molecule has 0 saturated heterocycles. The molecule has 2 aromatic heterocycles. The number of ether oxygens (including phenoxy) is 1. The van der Waals surface area contributed by atoms with Crippen molar-refractivity contribution in [2.24, 2.45) is 7.05 Å². The molecule has 0 unspecified atom stereocenters. The minimum Gasteiger partial charge on any atom is -0.466 e. The van der Waals surface area contributed by atoms with Crippen molar-refractivity contribution >= 4 is 17.6 Å². The van der Waals surface area contributed by atoms with Crippen molar-refractivity contribution in [2.45, 2.75) is 33.7 Å². The first kappa shape index (κ1) is 19.2. The van der Waals surface area contributed by atoms with Gasteiger partial charge in [-0.3, -0.25) is 18.7 Å². The molecule has 140 valence electrons. The number of ketones is 1. The highest BCUT2D eigenvalue weighted by molar-refractivity contribution is 6.02. The molecule has 9 heteroatoms. The Morgan fingerprint density at radius 2 is 1.92 bits per heavy atom. The van der Waals surface area contributed by atoms with Gasteiger partial charge >= 0.3 is 11.7 Å². The molecular formula is C17H21N3O6. The van der Waals surface area contributed by atoms with Crippen LogP contribution in [0.1, 0.15) is 45.6 Å². The van der Waals surface area contributed by atoms with Crippen molar-refractivity contribution < 1.29 is 18.7 Å². The maximum atomic E-state index is 12.4. The van der Waals surface area contributed by atoms with Gasteiger partial charge in [-0.25, -0.2) is 9.59 Å². The van der Waals surface area contributed by atoms with Crippen LogP contribution in [0, 0.1) is 13.8 Å². The Morgan fingerprint density at radius 3 is 2.46 bits per heavy atom. The van der Waals surface area contributed by atoms with E-state index in [2.05, 4.69) is 0 Å². The number of aryl methyl sites for hydroxylation is 2. The van der Waals surface area contributed by atoms with Crippen molar-refractivity contribution in [3.8, 4) is 0 Å². The first-order valence-corrected chi connectivity index (χ1v) is 8.05. The second-order valence-electron chi connectivity index (χ2n) is 5.88. The van der Waals surface area contributed by atoms with Crippen LogP contribution < -0.4 is 17.0 Å². The molecule has 2 heterocycles. The maximum absolute atomic E-state index is 12.4. The van der Waals surface area contributed by atoms with Gasteiger partial charge in [-0.05, 0) is 26.3 Å². The zero-order chi connectivity index (χ0) is 19.6. The zero-order valence-corrected chi connectivity index (χ0v) is 15.1. The molecule has 2 N–H and O–H groups in total. The summed E-state index contributed by atoms with van der Waals surface area (Å²) >= 11 is 0. The van der Waals surface area contributed by atoms with Gasteiger partial charge in [0.05, 0.1) is 0 Å². The second kappa shape index (κ2) is 7.42. The summed E-state index contributed by atoms with van der Waals surface area (Å²) in [4.78, 5) is 48.9. The van der Waals surface area contributed by atoms with Crippen LogP contribution in [0.3, 0.4) is 0 Å². The lowest BCUT2D eigenvalue weighted by molar-refractivity contribution is 0.0472. The number of nitrogens with zero attached hydrogens (tertiary/aromatic N) is 2. The summed E-state index contributed by atoms with van der Waals surface area (Å²) < 4.78 is 12.2. The Bertz CT molecular complexity index is 980. The van der Waals surface area contributed by atoms with Gasteiger partial charge in [-0.2, -0.15) is 0 Å². The van der Waals surface area contributed by atoms with Crippen LogP contribution in [-0.2, 0) is 18.3 Å². The number of esters is 1. The van der Waals surface area contributed by atoms with Crippen LogP contribution in [0.25, 0.3) is 0 Å². The Morgan fingerprint density at radius 1 is 1.27 bits per heavy atom. The molecule has 2 rings (SSSR count). The number of furan rings is 1. The van der Waals surface area contributed by atoms with E-state index in [-0.39, 0.29) is 23.5 Å². The Kier molecular flexibility index (Phi) is 5.49. The third kappa shape index (κ3) is 3.46. The minimum absolute atomic E-state index is 0.201. The van der Waals surface area contributed by atoms with Gasteiger partial charge in [0.2, 0.25) is 5.78 Å². The predicted octanol–water partition coefficient (Wildman–Crippen LogP) is 0.789. The molecule has 0 aliphatic heterocycles. The number of anilines is 1. The number of Topliss-reactive ketones (excluding diaryl/α,β-unsaturated/α-hetero) is 1. The Labute approximate surface area is 149 Å². The van der Waals surface area contributed by atoms with Crippen LogP contribution in [-0.4, -0.2) is 27.5 Å². The molecule has 0 aromatic carbocycles. The van der Waals surface area contributed by atoms with Crippen molar-refractivity contribution in [2.75, 3.05) is 12.3 Å². The Balaban J connectivity index is 2.30. The number of carbonyl (C=O) groups excluding carboxylic acids is 2. The first-order valence-electron chi connectivity index (χ1n) is 8.05. The van der Waals surface area contributed by atoms with Gasteiger partial charge in [0.25, 0.3) is 5.56 Å². The fourth-order valence-electron chi connectivity index (χ4n) is 2.60. The summed E-state index contributed by atoms with van der Waals surface area (Å²) in [6.45, 7) is 4.68. The van der Waals surface area contributed by atoms with Crippen LogP contribution in [0.15, 0.2) is 20.1 Å². The largest absolute Gasteiger partial charge is 0.466 e. The fraction of sp³-hybridized carbons (Fsp3) is 0.412.